The SMILES string of the molecule is Cc1cc2c(cc1-c1cncc[n+]1C)N(C)c1ccccc1N2C. The van der Waals surface area contributed by atoms with Gasteiger partial charge in [-0.15, -0.1) is 0 Å². The van der Waals surface area contributed by atoms with Crippen LogP contribution in [0.15, 0.2) is 55.0 Å². The van der Waals surface area contributed by atoms with E-state index in [1.807, 2.05) is 18.6 Å². The molecule has 4 heteroatoms. The lowest BCUT2D eigenvalue weighted by Gasteiger charge is -2.37. The molecule has 0 spiro atoms. The summed E-state index contributed by atoms with van der Waals surface area (Å²) >= 11 is 0. The zero-order valence-corrected chi connectivity index (χ0v) is 14.5. The lowest BCUT2D eigenvalue weighted by Crippen LogP contribution is -2.31. The molecule has 4 rings (SSSR count). The van der Waals surface area contributed by atoms with Gasteiger partial charge in [-0.25, -0.2) is 0 Å². The van der Waals surface area contributed by atoms with Gasteiger partial charge in [-0.1, -0.05) is 12.1 Å². The van der Waals surface area contributed by atoms with Crippen molar-refractivity contribution in [2.24, 2.45) is 7.05 Å². The van der Waals surface area contributed by atoms with Crippen LogP contribution in [0.1, 0.15) is 5.56 Å². The molecule has 0 N–H and O–H groups in total. The minimum absolute atomic E-state index is 1.12. The first-order valence-corrected chi connectivity index (χ1v) is 8.09. The van der Waals surface area contributed by atoms with Crippen molar-refractivity contribution in [3.05, 3.63) is 60.6 Å². The Morgan fingerprint density at radius 1 is 0.917 bits per heavy atom. The number of para-hydroxylation sites is 2. The molecule has 0 amide bonds. The van der Waals surface area contributed by atoms with Crippen molar-refractivity contribution in [3.8, 4) is 11.3 Å². The van der Waals surface area contributed by atoms with Crippen LogP contribution in [0.2, 0.25) is 0 Å². The van der Waals surface area contributed by atoms with E-state index < -0.39 is 0 Å². The Hall–Kier alpha value is -2.88. The van der Waals surface area contributed by atoms with Crippen LogP contribution in [-0.4, -0.2) is 19.1 Å². The van der Waals surface area contributed by atoms with Crippen molar-refractivity contribution in [2.75, 3.05) is 23.9 Å². The molecule has 0 atom stereocenters. The number of anilines is 4. The number of fused-ring (bicyclic) bond motifs is 2. The van der Waals surface area contributed by atoms with E-state index in [0.29, 0.717) is 0 Å². The first-order valence-electron chi connectivity index (χ1n) is 8.09. The van der Waals surface area contributed by atoms with Gasteiger partial charge in [0, 0.05) is 14.1 Å². The zero-order chi connectivity index (χ0) is 16.8. The van der Waals surface area contributed by atoms with Crippen LogP contribution in [0.3, 0.4) is 0 Å². The normalized spacial score (nSPS) is 12.8. The van der Waals surface area contributed by atoms with Crippen LogP contribution < -0.4 is 14.4 Å². The molecule has 0 unspecified atom stereocenters. The fourth-order valence-electron chi connectivity index (χ4n) is 3.47. The van der Waals surface area contributed by atoms with Crippen LogP contribution >= 0.6 is 0 Å². The van der Waals surface area contributed by atoms with Gasteiger partial charge in [0.15, 0.2) is 6.20 Å². The highest BCUT2D eigenvalue weighted by Gasteiger charge is 2.26. The van der Waals surface area contributed by atoms with Crippen molar-refractivity contribution in [1.82, 2.24) is 4.98 Å². The number of hydrogen-bond donors (Lipinski definition) is 0. The molecule has 0 saturated carbocycles. The molecule has 0 aliphatic carbocycles. The summed E-state index contributed by atoms with van der Waals surface area (Å²) < 4.78 is 2.11. The average molecular weight is 317 g/mol. The summed E-state index contributed by atoms with van der Waals surface area (Å²) in [6, 6.07) is 13.0. The van der Waals surface area contributed by atoms with E-state index in [1.54, 1.807) is 0 Å². The van der Waals surface area contributed by atoms with Crippen molar-refractivity contribution >= 4 is 22.7 Å². The van der Waals surface area contributed by atoms with Crippen molar-refractivity contribution in [3.63, 3.8) is 0 Å². The number of aromatic nitrogens is 2. The number of rotatable bonds is 1. The molecule has 0 fully saturated rings. The molecule has 24 heavy (non-hydrogen) atoms. The Bertz CT molecular complexity index is 933. The van der Waals surface area contributed by atoms with Crippen LogP contribution in [0.5, 0.6) is 0 Å². The molecule has 120 valence electrons. The van der Waals surface area contributed by atoms with Crippen molar-refractivity contribution in [2.45, 2.75) is 6.92 Å². The fraction of sp³-hybridized carbons (Fsp3) is 0.200. The molecule has 0 saturated heterocycles. The maximum Gasteiger partial charge on any atom is 0.231 e. The standard InChI is InChI=1S/C20H21N4/c1-14-11-18-19(12-15(14)20-13-21-9-10-22(20)2)24(4)17-8-6-5-7-16(17)23(18)3/h5-13H,1-4H3/q+1. The van der Waals surface area contributed by atoms with Gasteiger partial charge in [0.25, 0.3) is 0 Å². The highest BCUT2D eigenvalue weighted by molar-refractivity contribution is 5.94. The second-order valence-electron chi connectivity index (χ2n) is 6.34. The third kappa shape index (κ3) is 2.07. The summed E-state index contributed by atoms with van der Waals surface area (Å²) in [4.78, 5) is 8.84. The van der Waals surface area contributed by atoms with Gasteiger partial charge in [0.05, 0.1) is 40.7 Å². The first kappa shape index (κ1) is 14.7. The molecule has 1 aromatic heterocycles. The van der Waals surface area contributed by atoms with Gasteiger partial charge in [-0.2, -0.15) is 4.57 Å². The summed E-state index contributed by atoms with van der Waals surface area (Å²) in [7, 11) is 6.32. The number of nitrogens with zero attached hydrogens (tertiary/aromatic N) is 4. The third-order valence-corrected chi connectivity index (χ3v) is 4.88. The van der Waals surface area contributed by atoms with E-state index in [4.69, 9.17) is 0 Å². The first-order chi connectivity index (χ1) is 11.6. The predicted molar refractivity (Wildman–Crippen MR) is 98.2 cm³/mol. The fourth-order valence-corrected chi connectivity index (χ4v) is 3.47. The Labute approximate surface area is 142 Å². The monoisotopic (exact) mass is 317 g/mol. The molecule has 4 nitrogen and oxygen atoms in total. The van der Waals surface area contributed by atoms with E-state index in [1.165, 1.54) is 33.9 Å². The summed E-state index contributed by atoms with van der Waals surface area (Å²) in [6.45, 7) is 2.16. The average Bonchev–Trinajstić information content (AvgIpc) is 2.60. The van der Waals surface area contributed by atoms with E-state index in [9.17, 15) is 0 Å². The minimum atomic E-state index is 1.12. The Morgan fingerprint density at radius 3 is 2.17 bits per heavy atom. The molecule has 1 aliphatic heterocycles. The molecular weight excluding hydrogens is 296 g/mol. The van der Waals surface area contributed by atoms with Gasteiger partial charge >= 0.3 is 0 Å². The maximum atomic E-state index is 4.30. The Balaban J connectivity index is 1.94. The topological polar surface area (TPSA) is 23.2 Å². The molecule has 0 bridgehead atoms. The number of benzene rings is 2. The van der Waals surface area contributed by atoms with E-state index in [0.717, 1.165) is 5.69 Å². The maximum absolute atomic E-state index is 4.30. The van der Waals surface area contributed by atoms with Gasteiger partial charge in [0.2, 0.25) is 5.69 Å². The smallest absolute Gasteiger partial charge is 0.231 e. The van der Waals surface area contributed by atoms with Gasteiger partial charge in [-0.3, -0.25) is 4.98 Å². The van der Waals surface area contributed by atoms with E-state index >= 15 is 0 Å². The number of aryl methyl sites for hydroxylation is 2. The van der Waals surface area contributed by atoms with Gasteiger partial charge in [0.1, 0.15) is 7.05 Å². The lowest BCUT2D eigenvalue weighted by atomic mass is 10.00. The van der Waals surface area contributed by atoms with Crippen LogP contribution in [0.4, 0.5) is 22.7 Å². The summed E-state index contributed by atoms with van der Waals surface area (Å²) in [6.07, 6.45) is 5.72. The third-order valence-electron chi connectivity index (χ3n) is 4.88. The quantitative estimate of drug-likeness (QED) is 0.639. The molecule has 2 heterocycles. The largest absolute Gasteiger partial charge is 0.341 e. The molecule has 2 aromatic carbocycles. The number of hydrogen-bond acceptors (Lipinski definition) is 3. The van der Waals surface area contributed by atoms with Crippen molar-refractivity contribution < 1.29 is 4.57 Å². The minimum Gasteiger partial charge on any atom is -0.341 e. The Morgan fingerprint density at radius 2 is 1.54 bits per heavy atom. The zero-order valence-electron chi connectivity index (χ0n) is 14.5. The predicted octanol–water partition coefficient (Wildman–Crippen LogP) is 3.73. The van der Waals surface area contributed by atoms with E-state index in [-0.39, 0.29) is 0 Å². The van der Waals surface area contributed by atoms with Crippen LogP contribution in [0, 0.1) is 6.92 Å². The molecule has 3 aromatic rings. The van der Waals surface area contributed by atoms with Crippen LogP contribution in [0.25, 0.3) is 11.3 Å². The van der Waals surface area contributed by atoms with Gasteiger partial charge < -0.3 is 9.80 Å². The summed E-state index contributed by atoms with van der Waals surface area (Å²) in [5, 5.41) is 0. The Kier molecular flexibility index (Phi) is 3.27. The highest BCUT2D eigenvalue weighted by Crippen LogP contribution is 2.47. The van der Waals surface area contributed by atoms with Crippen LogP contribution in [-0.2, 0) is 7.05 Å². The van der Waals surface area contributed by atoms with E-state index in [2.05, 4.69) is 83.8 Å². The molecular formula is C20H21N4+. The molecule has 0 radical (unpaired) electrons. The second-order valence-corrected chi connectivity index (χ2v) is 6.34. The molecule has 1 aliphatic rings. The second kappa shape index (κ2) is 5.34. The van der Waals surface area contributed by atoms with Crippen molar-refractivity contribution in [1.29, 1.82) is 0 Å². The lowest BCUT2D eigenvalue weighted by molar-refractivity contribution is -0.660. The summed E-state index contributed by atoms with van der Waals surface area (Å²) in [5.41, 5.74) is 8.46. The summed E-state index contributed by atoms with van der Waals surface area (Å²) in [5.74, 6) is 0. The van der Waals surface area contributed by atoms with Gasteiger partial charge in [-0.05, 0) is 36.8 Å². The highest BCUT2D eigenvalue weighted by atomic mass is 15.2.